The van der Waals surface area contributed by atoms with Gasteiger partial charge in [0.15, 0.2) is 5.76 Å². The van der Waals surface area contributed by atoms with E-state index in [1.165, 1.54) is 0 Å². The van der Waals surface area contributed by atoms with Crippen LogP contribution in [0.4, 0.5) is 0 Å². The summed E-state index contributed by atoms with van der Waals surface area (Å²) in [4.78, 5) is 10.8. The van der Waals surface area contributed by atoms with Gasteiger partial charge in [-0.2, -0.15) is 0 Å². The van der Waals surface area contributed by atoms with Crippen LogP contribution in [-0.4, -0.2) is 5.91 Å². The highest BCUT2D eigenvalue weighted by Gasteiger charge is 2.07. The molecule has 1 amide bonds. The van der Waals surface area contributed by atoms with Gasteiger partial charge in [0.1, 0.15) is 5.58 Å². The van der Waals surface area contributed by atoms with Crippen molar-refractivity contribution in [3.8, 4) is 0 Å². The summed E-state index contributed by atoms with van der Waals surface area (Å²) in [5.41, 5.74) is 6.88. The van der Waals surface area contributed by atoms with Crippen LogP contribution in [0.2, 0.25) is 0 Å². The molecule has 1 aromatic carbocycles. The zero-order chi connectivity index (χ0) is 9.42. The summed E-state index contributed by atoms with van der Waals surface area (Å²) >= 11 is 0. The van der Waals surface area contributed by atoms with Crippen LogP contribution in [0.5, 0.6) is 0 Å². The molecule has 1 heterocycles. The van der Waals surface area contributed by atoms with Crippen LogP contribution in [0.3, 0.4) is 0 Å². The van der Waals surface area contributed by atoms with E-state index in [0.29, 0.717) is 5.58 Å². The van der Waals surface area contributed by atoms with Crippen molar-refractivity contribution in [1.82, 2.24) is 0 Å². The van der Waals surface area contributed by atoms with E-state index in [0.717, 1.165) is 10.9 Å². The molecule has 3 heteroatoms. The normalized spacial score (nSPS) is 10.5. The highest BCUT2D eigenvalue weighted by Crippen LogP contribution is 2.19. The zero-order valence-electron chi connectivity index (χ0n) is 7.20. The maximum Gasteiger partial charge on any atom is 0.284 e. The summed E-state index contributed by atoms with van der Waals surface area (Å²) in [6.45, 7) is 1.96. The second-order valence-corrected chi connectivity index (χ2v) is 3.02. The first-order valence-corrected chi connectivity index (χ1v) is 3.97. The summed E-state index contributed by atoms with van der Waals surface area (Å²) in [6, 6.07) is 7.39. The van der Waals surface area contributed by atoms with E-state index in [1.54, 1.807) is 6.07 Å². The molecule has 0 saturated heterocycles. The number of nitrogens with two attached hydrogens (primary N) is 1. The summed E-state index contributed by atoms with van der Waals surface area (Å²) in [5.74, 6) is -0.325. The second kappa shape index (κ2) is 2.62. The van der Waals surface area contributed by atoms with E-state index in [-0.39, 0.29) is 5.76 Å². The molecule has 0 aliphatic heterocycles. The van der Waals surface area contributed by atoms with Gasteiger partial charge in [-0.1, -0.05) is 12.1 Å². The Morgan fingerprint density at radius 1 is 1.38 bits per heavy atom. The Morgan fingerprint density at radius 2 is 2.15 bits per heavy atom. The molecule has 0 fully saturated rings. The van der Waals surface area contributed by atoms with Crippen LogP contribution in [-0.2, 0) is 0 Å². The first kappa shape index (κ1) is 7.86. The third kappa shape index (κ3) is 1.28. The number of aryl methyl sites for hydroxylation is 1. The van der Waals surface area contributed by atoms with E-state index in [4.69, 9.17) is 10.2 Å². The Kier molecular flexibility index (Phi) is 1.59. The molecule has 1 aromatic heterocycles. The van der Waals surface area contributed by atoms with E-state index in [2.05, 4.69) is 0 Å². The molecule has 66 valence electrons. The second-order valence-electron chi connectivity index (χ2n) is 3.02. The lowest BCUT2D eigenvalue weighted by Crippen LogP contribution is -2.08. The maximum atomic E-state index is 10.8. The Labute approximate surface area is 75.1 Å². The fraction of sp³-hybridized carbons (Fsp3) is 0.100. The molecule has 0 spiro atoms. The summed E-state index contributed by atoms with van der Waals surface area (Å²) < 4.78 is 5.24. The molecule has 0 atom stereocenters. The molecule has 0 aliphatic rings. The number of carbonyl (C=O) groups is 1. The lowest BCUT2D eigenvalue weighted by atomic mass is 10.2. The number of amides is 1. The van der Waals surface area contributed by atoms with Crippen molar-refractivity contribution in [2.75, 3.05) is 0 Å². The van der Waals surface area contributed by atoms with Crippen LogP contribution in [0.25, 0.3) is 11.0 Å². The smallest absolute Gasteiger partial charge is 0.284 e. The fourth-order valence-corrected chi connectivity index (χ4v) is 1.26. The van der Waals surface area contributed by atoms with E-state index in [9.17, 15) is 4.79 Å². The fourth-order valence-electron chi connectivity index (χ4n) is 1.26. The largest absolute Gasteiger partial charge is 0.451 e. The third-order valence-electron chi connectivity index (χ3n) is 1.92. The first-order valence-electron chi connectivity index (χ1n) is 3.97. The molecule has 0 aliphatic carbocycles. The minimum atomic E-state index is -0.533. The van der Waals surface area contributed by atoms with E-state index < -0.39 is 5.91 Å². The van der Waals surface area contributed by atoms with Gasteiger partial charge < -0.3 is 10.2 Å². The number of hydrogen-bond acceptors (Lipinski definition) is 2. The molecule has 2 N–H and O–H groups in total. The molecule has 3 nitrogen and oxygen atoms in total. The molecule has 13 heavy (non-hydrogen) atoms. The Balaban J connectivity index is 2.68. The number of fused-ring (bicyclic) bond motifs is 1. The number of carbonyl (C=O) groups excluding carboxylic acids is 1. The van der Waals surface area contributed by atoms with Crippen molar-refractivity contribution >= 4 is 16.9 Å². The predicted molar refractivity (Wildman–Crippen MR) is 49.5 cm³/mol. The molecule has 0 bridgehead atoms. The standard InChI is InChI=1S/C10H9NO2/c1-6-2-3-7-5-9(10(11)12)13-8(7)4-6/h2-5H,1H3,(H2,11,12). The molecular formula is C10H9NO2. The monoisotopic (exact) mass is 175 g/mol. The van der Waals surface area contributed by atoms with Gasteiger partial charge in [0, 0.05) is 5.39 Å². The Bertz CT molecular complexity index is 471. The van der Waals surface area contributed by atoms with Crippen LogP contribution >= 0.6 is 0 Å². The Morgan fingerprint density at radius 3 is 2.85 bits per heavy atom. The summed E-state index contributed by atoms with van der Waals surface area (Å²) in [6.07, 6.45) is 0. The molecular weight excluding hydrogens is 166 g/mol. The molecule has 2 aromatic rings. The average molecular weight is 175 g/mol. The van der Waals surface area contributed by atoms with Gasteiger partial charge in [-0.15, -0.1) is 0 Å². The van der Waals surface area contributed by atoms with Crippen molar-refractivity contribution < 1.29 is 9.21 Å². The van der Waals surface area contributed by atoms with Gasteiger partial charge in [-0.3, -0.25) is 4.79 Å². The molecule has 0 unspecified atom stereocenters. The van der Waals surface area contributed by atoms with Crippen molar-refractivity contribution in [1.29, 1.82) is 0 Å². The van der Waals surface area contributed by atoms with E-state index in [1.807, 2.05) is 25.1 Å². The van der Waals surface area contributed by atoms with Crippen molar-refractivity contribution in [2.45, 2.75) is 6.92 Å². The van der Waals surface area contributed by atoms with Crippen LogP contribution < -0.4 is 5.73 Å². The minimum absolute atomic E-state index is 0.209. The third-order valence-corrected chi connectivity index (χ3v) is 1.92. The van der Waals surface area contributed by atoms with Gasteiger partial charge in [-0.05, 0) is 24.6 Å². The lowest BCUT2D eigenvalue weighted by Gasteiger charge is -1.89. The summed E-state index contributed by atoms with van der Waals surface area (Å²) in [7, 11) is 0. The van der Waals surface area contributed by atoms with Gasteiger partial charge in [0.25, 0.3) is 5.91 Å². The van der Waals surface area contributed by atoms with Gasteiger partial charge in [-0.25, -0.2) is 0 Å². The van der Waals surface area contributed by atoms with Gasteiger partial charge in [0.05, 0.1) is 0 Å². The molecule has 0 saturated carbocycles. The van der Waals surface area contributed by atoms with Crippen LogP contribution in [0.15, 0.2) is 28.7 Å². The molecule has 2 rings (SSSR count). The average Bonchev–Trinajstić information content (AvgIpc) is 2.46. The minimum Gasteiger partial charge on any atom is -0.451 e. The van der Waals surface area contributed by atoms with Gasteiger partial charge in [0.2, 0.25) is 0 Å². The van der Waals surface area contributed by atoms with Crippen molar-refractivity contribution in [3.63, 3.8) is 0 Å². The highest BCUT2D eigenvalue weighted by molar-refractivity contribution is 5.95. The van der Waals surface area contributed by atoms with Crippen LogP contribution in [0.1, 0.15) is 16.1 Å². The van der Waals surface area contributed by atoms with Crippen molar-refractivity contribution in [2.24, 2.45) is 5.73 Å². The van der Waals surface area contributed by atoms with Gasteiger partial charge >= 0.3 is 0 Å². The van der Waals surface area contributed by atoms with Crippen molar-refractivity contribution in [3.05, 3.63) is 35.6 Å². The van der Waals surface area contributed by atoms with E-state index >= 15 is 0 Å². The number of hydrogen-bond donors (Lipinski definition) is 1. The number of primary amides is 1. The number of benzene rings is 1. The Hall–Kier alpha value is -1.77. The highest BCUT2D eigenvalue weighted by atomic mass is 16.3. The number of rotatable bonds is 1. The SMILES string of the molecule is Cc1ccc2cc(C(N)=O)oc2c1. The topological polar surface area (TPSA) is 56.2 Å². The number of furan rings is 1. The zero-order valence-corrected chi connectivity index (χ0v) is 7.20. The summed E-state index contributed by atoms with van der Waals surface area (Å²) in [5, 5.41) is 0.902. The van der Waals surface area contributed by atoms with Crippen LogP contribution in [0, 0.1) is 6.92 Å². The maximum absolute atomic E-state index is 10.8. The lowest BCUT2D eigenvalue weighted by molar-refractivity contribution is 0.0976. The predicted octanol–water partition coefficient (Wildman–Crippen LogP) is 1.84. The quantitative estimate of drug-likeness (QED) is 0.718. The first-order chi connectivity index (χ1) is 6.16. The molecule has 0 radical (unpaired) electrons.